The normalized spacial score (nSPS) is 10.8. The molecule has 0 unspecified atom stereocenters. The molecule has 4 heteroatoms. The fraction of sp³-hybridized carbons (Fsp3) is 0.444. The van der Waals surface area contributed by atoms with Crippen molar-refractivity contribution in [3.63, 3.8) is 0 Å². The molecule has 0 atom stereocenters. The van der Waals surface area contributed by atoms with Crippen LogP contribution in [0.3, 0.4) is 0 Å². The molecule has 1 aromatic heterocycles. The van der Waals surface area contributed by atoms with Crippen LogP contribution in [0, 0.1) is 6.92 Å². The molecule has 0 saturated heterocycles. The van der Waals surface area contributed by atoms with Gasteiger partial charge in [0.2, 0.25) is 12.1 Å². The van der Waals surface area contributed by atoms with Crippen molar-refractivity contribution in [2.24, 2.45) is 0 Å². The summed E-state index contributed by atoms with van der Waals surface area (Å²) >= 11 is 1.41. The Morgan fingerprint density at radius 1 is 1.46 bits per heavy atom. The molecule has 72 valence electrons. The lowest BCUT2D eigenvalue weighted by Gasteiger charge is -2.10. The van der Waals surface area contributed by atoms with Crippen LogP contribution in [0.1, 0.15) is 15.2 Å². The number of Topliss-reactive ketones (excluding diaryl/α,β-unsaturated/α-hetero) is 1. The largest absolute Gasteiger partial charge is 0.349 e. The zero-order chi connectivity index (χ0) is 9.84. The summed E-state index contributed by atoms with van der Waals surface area (Å²) in [4.78, 5) is 12.4. The van der Waals surface area contributed by atoms with Crippen molar-refractivity contribution in [2.75, 3.05) is 14.2 Å². The van der Waals surface area contributed by atoms with E-state index in [9.17, 15) is 4.79 Å². The maximum Gasteiger partial charge on any atom is 0.228 e. The van der Waals surface area contributed by atoms with Crippen LogP contribution in [0.2, 0.25) is 0 Å². The quantitative estimate of drug-likeness (QED) is 0.549. The molecule has 3 nitrogen and oxygen atoms in total. The number of ether oxygens (including phenoxy) is 2. The Morgan fingerprint density at radius 2 is 2.08 bits per heavy atom. The van der Waals surface area contributed by atoms with Gasteiger partial charge in [-0.25, -0.2) is 0 Å². The molecule has 0 spiro atoms. The van der Waals surface area contributed by atoms with Crippen molar-refractivity contribution in [3.05, 3.63) is 21.9 Å². The molecule has 0 fully saturated rings. The van der Waals surface area contributed by atoms with E-state index in [1.165, 1.54) is 25.6 Å². The molecule has 13 heavy (non-hydrogen) atoms. The molecule has 1 aromatic rings. The van der Waals surface area contributed by atoms with E-state index >= 15 is 0 Å². The van der Waals surface area contributed by atoms with E-state index in [4.69, 9.17) is 9.47 Å². The van der Waals surface area contributed by atoms with E-state index in [0.717, 1.165) is 5.56 Å². The maximum atomic E-state index is 11.6. The summed E-state index contributed by atoms with van der Waals surface area (Å²) in [5, 5.41) is 1.88. The minimum absolute atomic E-state index is 0.113. The van der Waals surface area contributed by atoms with E-state index in [2.05, 4.69) is 0 Å². The van der Waals surface area contributed by atoms with Crippen LogP contribution in [0.5, 0.6) is 0 Å². The second-order valence-electron chi connectivity index (χ2n) is 2.60. The number of aryl methyl sites for hydroxylation is 1. The molecule has 0 bridgehead atoms. The maximum absolute atomic E-state index is 11.6. The minimum atomic E-state index is -0.780. The highest BCUT2D eigenvalue weighted by atomic mass is 32.1. The molecule has 0 aliphatic carbocycles. The molecule has 0 amide bonds. The van der Waals surface area contributed by atoms with Gasteiger partial charge in [-0.15, -0.1) is 11.3 Å². The molecule has 0 aromatic carbocycles. The smallest absolute Gasteiger partial charge is 0.228 e. The Kier molecular flexibility index (Phi) is 3.59. The third-order valence-corrected chi connectivity index (χ3v) is 2.76. The van der Waals surface area contributed by atoms with Gasteiger partial charge in [0.25, 0.3) is 0 Å². The summed E-state index contributed by atoms with van der Waals surface area (Å²) in [6.07, 6.45) is -0.780. The molecule has 0 aliphatic rings. The van der Waals surface area contributed by atoms with E-state index < -0.39 is 6.29 Å². The van der Waals surface area contributed by atoms with Crippen LogP contribution in [0.4, 0.5) is 0 Å². The van der Waals surface area contributed by atoms with Crippen LogP contribution in [0.25, 0.3) is 0 Å². The first-order valence-electron chi connectivity index (χ1n) is 3.84. The van der Waals surface area contributed by atoms with Crippen molar-refractivity contribution in [1.82, 2.24) is 0 Å². The van der Waals surface area contributed by atoms with Gasteiger partial charge in [-0.1, -0.05) is 0 Å². The van der Waals surface area contributed by atoms with Crippen LogP contribution >= 0.6 is 11.3 Å². The van der Waals surface area contributed by atoms with Crippen molar-refractivity contribution >= 4 is 17.1 Å². The lowest BCUT2D eigenvalue weighted by atomic mass is 10.2. The lowest BCUT2D eigenvalue weighted by molar-refractivity contribution is -0.0740. The first kappa shape index (κ1) is 10.4. The molecular weight excluding hydrogens is 188 g/mol. The average Bonchev–Trinajstić information content (AvgIpc) is 2.53. The summed E-state index contributed by atoms with van der Waals surface area (Å²) in [5.74, 6) is -0.113. The summed E-state index contributed by atoms with van der Waals surface area (Å²) in [5.41, 5.74) is 0.967. The second-order valence-corrected chi connectivity index (χ2v) is 3.52. The highest BCUT2D eigenvalue weighted by Gasteiger charge is 2.21. The van der Waals surface area contributed by atoms with Gasteiger partial charge in [0.1, 0.15) is 0 Å². The summed E-state index contributed by atoms with van der Waals surface area (Å²) in [6.45, 7) is 1.89. The fourth-order valence-electron chi connectivity index (χ4n) is 1.04. The Balaban J connectivity index is 2.84. The summed E-state index contributed by atoms with van der Waals surface area (Å²) in [6, 6.07) is 1.90. The van der Waals surface area contributed by atoms with Crippen LogP contribution in [-0.4, -0.2) is 26.3 Å². The highest BCUT2D eigenvalue weighted by molar-refractivity contribution is 7.12. The number of hydrogen-bond acceptors (Lipinski definition) is 4. The molecule has 0 saturated carbocycles. The number of hydrogen-bond donors (Lipinski definition) is 0. The average molecular weight is 200 g/mol. The highest BCUT2D eigenvalue weighted by Crippen LogP contribution is 2.18. The van der Waals surface area contributed by atoms with Crippen molar-refractivity contribution in [3.8, 4) is 0 Å². The SMILES string of the molecule is COC(OC)C(=O)c1sccc1C. The van der Waals surface area contributed by atoms with E-state index in [0.29, 0.717) is 4.88 Å². The molecule has 1 rings (SSSR count). The van der Waals surface area contributed by atoms with Gasteiger partial charge in [0, 0.05) is 14.2 Å². The third-order valence-electron chi connectivity index (χ3n) is 1.73. The Morgan fingerprint density at radius 3 is 2.46 bits per heavy atom. The van der Waals surface area contributed by atoms with Crippen LogP contribution < -0.4 is 0 Å². The van der Waals surface area contributed by atoms with Gasteiger partial charge in [0.15, 0.2) is 0 Å². The number of ketones is 1. The fourth-order valence-corrected chi connectivity index (χ4v) is 1.92. The molecule has 0 aliphatic heterocycles. The first-order valence-corrected chi connectivity index (χ1v) is 4.72. The molecular formula is C9H12O3S. The second kappa shape index (κ2) is 4.50. The standard InChI is InChI=1S/C9H12O3S/c1-6-4-5-13-8(6)7(10)9(11-2)12-3/h4-5,9H,1-3H3. The number of methoxy groups -OCH3 is 2. The van der Waals surface area contributed by atoms with Gasteiger partial charge < -0.3 is 9.47 Å². The molecule has 0 N–H and O–H groups in total. The number of rotatable bonds is 4. The third kappa shape index (κ3) is 2.15. The number of carbonyl (C=O) groups excluding carboxylic acids is 1. The Hall–Kier alpha value is -0.710. The zero-order valence-electron chi connectivity index (χ0n) is 7.87. The Labute approximate surface area is 81.3 Å². The number of carbonyl (C=O) groups is 1. The first-order chi connectivity index (χ1) is 6.20. The van der Waals surface area contributed by atoms with Gasteiger partial charge in [0.05, 0.1) is 4.88 Å². The number of thiophene rings is 1. The van der Waals surface area contributed by atoms with E-state index in [-0.39, 0.29) is 5.78 Å². The van der Waals surface area contributed by atoms with Gasteiger partial charge >= 0.3 is 0 Å². The topological polar surface area (TPSA) is 35.5 Å². The van der Waals surface area contributed by atoms with Crippen LogP contribution in [0.15, 0.2) is 11.4 Å². The monoisotopic (exact) mass is 200 g/mol. The van der Waals surface area contributed by atoms with E-state index in [1.807, 2.05) is 18.4 Å². The van der Waals surface area contributed by atoms with Crippen molar-refractivity contribution < 1.29 is 14.3 Å². The zero-order valence-corrected chi connectivity index (χ0v) is 8.68. The lowest BCUT2D eigenvalue weighted by Crippen LogP contribution is -2.24. The Bertz CT molecular complexity index is 289. The minimum Gasteiger partial charge on any atom is -0.349 e. The van der Waals surface area contributed by atoms with Gasteiger partial charge in [-0.3, -0.25) is 4.79 Å². The van der Waals surface area contributed by atoms with Gasteiger partial charge in [-0.2, -0.15) is 0 Å². The molecule has 0 radical (unpaired) electrons. The van der Waals surface area contributed by atoms with Gasteiger partial charge in [-0.05, 0) is 23.9 Å². The summed E-state index contributed by atoms with van der Waals surface area (Å²) < 4.78 is 9.75. The van der Waals surface area contributed by atoms with Crippen molar-refractivity contribution in [1.29, 1.82) is 0 Å². The summed E-state index contributed by atoms with van der Waals surface area (Å²) in [7, 11) is 2.91. The predicted molar refractivity (Wildman–Crippen MR) is 51.2 cm³/mol. The van der Waals surface area contributed by atoms with Crippen LogP contribution in [-0.2, 0) is 9.47 Å². The molecule has 1 heterocycles. The van der Waals surface area contributed by atoms with E-state index in [1.54, 1.807) is 0 Å². The van der Waals surface area contributed by atoms with Crippen molar-refractivity contribution in [2.45, 2.75) is 13.2 Å². The predicted octanol–water partition coefficient (Wildman–Crippen LogP) is 1.86.